The Labute approximate surface area is 103 Å². The first-order valence-corrected chi connectivity index (χ1v) is 6.19. The van der Waals surface area contributed by atoms with Crippen molar-refractivity contribution in [2.24, 2.45) is 0 Å². The number of hydrogen-bond acceptors (Lipinski definition) is 3. The molecule has 1 saturated carbocycles. The molecule has 2 rings (SSSR count). The molecule has 0 aromatic carbocycles. The van der Waals surface area contributed by atoms with Gasteiger partial charge < -0.3 is 10.1 Å². The average Bonchev–Trinajstić information content (AvgIpc) is 3.11. The molecule has 1 aromatic heterocycles. The third kappa shape index (κ3) is 4.57. The van der Waals surface area contributed by atoms with E-state index in [-0.39, 0.29) is 0 Å². The lowest BCUT2D eigenvalue weighted by atomic mass is 10.3. The van der Waals surface area contributed by atoms with E-state index in [9.17, 15) is 0 Å². The van der Waals surface area contributed by atoms with Crippen LogP contribution in [0.2, 0.25) is 0 Å². The molecule has 1 heterocycles. The van der Waals surface area contributed by atoms with Gasteiger partial charge in [0, 0.05) is 19.0 Å². The zero-order valence-electron chi connectivity index (χ0n) is 10.4. The van der Waals surface area contributed by atoms with Crippen molar-refractivity contribution < 1.29 is 4.74 Å². The highest BCUT2D eigenvalue weighted by Gasteiger charge is 2.19. The first kappa shape index (κ1) is 12.1. The van der Waals surface area contributed by atoms with E-state index in [1.54, 1.807) is 6.20 Å². The van der Waals surface area contributed by atoms with Crippen molar-refractivity contribution in [3.8, 4) is 5.75 Å². The molecule has 0 bridgehead atoms. The lowest BCUT2D eigenvalue weighted by Crippen LogP contribution is -2.16. The number of nitrogens with one attached hydrogen (secondary N) is 1. The number of hydrogen-bond donors (Lipinski definition) is 1. The Balaban J connectivity index is 1.73. The SMILES string of the molecule is C=C(C)CCOc1ccc(CNC2CC2)nc1. The summed E-state index contributed by atoms with van der Waals surface area (Å²) in [6.07, 6.45) is 5.30. The standard InChI is InChI=1S/C14H20N2O/c1-11(2)7-8-17-14-6-5-13(16-10-14)9-15-12-3-4-12/h5-6,10,12,15H,1,3-4,7-9H2,2H3. The molecule has 0 radical (unpaired) electrons. The molecule has 1 aliphatic rings. The molecule has 0 aliphatic heterocycles. The van der Waals surface area contributed by atoms with Gasteiger partial charge >= 0.3 is 0 Å². The number of ether oxygens (including phenoxy) is 1. The summed E-state index contributed by atoms with van der Waals surface area (Å²) in [6.45, 7) is 7.39. The molecule has 3 heteroatoms. The van der Waals surface area contributed by atoms with Crippen molar-refractivity contribution in [3.05, 3.63) is 36.2 Å². The third-order valence-electron chi connectivity index (χ3n) is 2.74. The lowest BCUT2D eigenvalue weighted by Gasteiger charge is -2.07. The number of nitrogens with zero attached hydrogens (tertiary/aromatic N) is 1. The van der Waals surface area contributed by atoms with Crippen LogP contribution < -0.4 is 10.1 Å². The van der Waals surface area contributed by atoms with E-state index in [2.05, 4.69) is 16.9 Å². The summed E-state index contributed by atoms with van der Waals surface area (Å²) in [5, 5.41) is 3.44. The van der Waals surface area contributed by atoms with Gasteiger partial charge in [0.05, 0.1) is 18.5 Å². The predicted octanol–water partition coefficient (Wildman–Crippen LogP) is 2.68. The predicted molar refractivity (Wildman–Crippen MR) is 69.0 cm³/mol. The molecule has 0 atom stereocenters. The van der Waals surface area contributed by atoms with Crippen LogP contribution in [0.25, 0.3) is 0 Å². The highest BCUT2D eigenvalue weighted by Crippen LogP contribution is 2.19. The highest BCUT2D eigenvalue weighted by atomic mass is 16.5. The van der Waals surface area contributed by atoms with Gasteiger partial charge in [-0.25, -0.2) is 0 Å². The maximum absolute atomic E-state index is 5.57. The van der Waals surface area contributed by atoms with Crippen molar-refractivity contribution in [2.75, 3.05) is 6.61 Å². The molecule has 0 amide bonds. The number of rotatable bonds is 7. The summed E-state index contributed by atoms with van der Waals surface area (Å²) in [7, 11) is 0. The van der Waals surface area contributed by atoms with Gasteiger partial charge in [-0.2, -0.15) is 0 Å². The molecule has 1 N–H and O–H groups in total. The molecule has 1 aliphatic carbocycles. The van der Waals surface area contributed by atoms with Crippen LogP contribution in [0.15, 0.2) is 30.5 Å². The molecule has 0 unspecified atom stereocenters. The van der Waals surface area contributed by atoms with Crippen LogP contribution in [0.3, 0.4) is 0 Å². The fourth-order valence-electron chi connectivity index (χ4n) is 1.48. The Morgan fingerprint density at radius 2 is 2.35 bits per heavy atom. The van der Waals surface area contributed by atoms with Crippen LogP contribution in [0.4, 0.5) is 0 Å². The van der Waals surface area contributed by atoms with Gasteiger partial charge in [-0.3, -0.25) is 4.98 Å². The van der Waals surface area contributed by atoms with Crippen LogP contribution in [-0.4, -0.2) is 17.6 Å². The van der Waals surface area contributed by atoms with E-state index < -0.39 is 0 Å². The summed E-state index contributed by atoms with van der Waals surface area (Å²) in [5.41, 5.74) is 2.22. The Bertz CT molecular complexity index is 368. The van der Waals surface area contributed by atoms with E-state index in [4.69, 9.17) is 4.74 Å². The van der Waals surface area contributed by atoms with Crippen LogP contribution in [0, 0.1) is 0 Å². The molecule has 1 aromatic rings. The number of pyridine rings is 1. The van der Waals surface area contributed by atoms with Crippen LogP contribution in [0.5, 0.6) is 5.75 Å². The van der Waals surface area contributed by atoms with E-state index in [0.717, 1.165) is 36.0 Å². The van der Waals surface area contributed by atoms with E-state index in [0.29, 0.717) is 6.61 Å². The Morgan fingerprint density at radius 1 is 1.53 bits per heavy atom. The Kier molecular flexibility index (Phi) is 4.15. The minimum Gasteiger partial charge on any atom is -0.492 e. The van der Waals surface area contributed by atoms with Crippen LogP contribution in [0.1, 0.15) is 31.9 Å². The van der Waals surface area contributed by atoms with Gasteiger partial charge in [0.1, 0.15) is 5.75 Å². The van der Waals surface area contributed by atoms with E-state index >= 15 is 0 Å². The first-order valence-electron chi connectivity index (χ1n) is 6.19. The van der Waals surface area contributed by atoms with Crippen molar-refractivity contribution >= 4 is 0 Å². The summed E-state index contributed by atoms with van der Waals surface area (Å²) < 4.78 is 5.57. The maximum atomic E-state index is 5.57. The molecule has 0 spiro atoms. The van der Waals surface area contributed by atoms with Gasteiger partial charge in [0.2, 0.25) is 0 Å². The zero-order valence-corrected chi connectivity index (χ0v) is 10.4. The monoisotopic (exact) mass is 232 g/mol. The van der Waals surface area contributed by atoms with Crippen molar-refractivity contribution in [3.63, 3.8) is 0 Å². The summed E-state index contributed by atoms with van der Waals surface area (Å²) in [4.78, 5) is 4.37. The minimum absolute atomic E-state index is 0.677. The second kappa shape index (κ2) is 5.82. The second-order valence-corrected chi connectivity index (χ2v) is 4.70. The first-order chi connectivity index (χ1) is 8.24. The van der Waals surface area contributed by atoms with Gasteiger partial charge in [-0.1, -0.05) is 5.57 Å². The van der Waals surface area contributed by atoms with Crippen LogP contribution >= 0.6 is 0 Å². The fourth-order valence-corrected chi connectivity index (χ4v) is 1.48. The third-order valence-corrected chi connectivity index (χ3v) is 2.74. The lowest BCUT2D eigenvalue weighted by molar-refractivity contribution is 0.320. The highest BCUT2D eigenvalue weighted by molar-refractivity contribution is 5.20. The minimum atomic E-state index is 0.677. The maximum Gasteiger partial charge on any atom is 0.137 e. The van der Waals surface area contributed by atoms with Crippen molar-refractivity contribution in [1.29, 1.82) is 0 Å². The number of aromatic nitrogens is 1. The molecule has 92 valence electrons. The molecule has 3 nitrogen and oxygen atoms in total. The fraction of sp³-hybridized carbons (Fsp3) is 0.500. The smallest absolute Gasteiger partial charge is 0.137 e. The molecule has 17 heavy (non-hydrogen) atoms. The second-order valence-electron chi connectivity index (χ2n) is 4.70. The van der Waals surface area contributed by atoms with Gasteiger partial charge in [-0.15, -0.1) is 6.58 Å². The van der Waals surface area contributed by atoms with E-state index in [1.807, 2.05) is 19.1 Å². The summed E-state index contributed by atoms with van der Waals surface area (Å²) >= 11 is 0. The topological polar surface area (TPSA) is 34.1 Å². The molecule has 0 saturated heterocycles. The summed E-state index contributed by atoms with van der Waals surface area (Å²) in [6, 6.07) is 4.73. The molecule has 1 fully saturated rings. The Hall–Kier alpha value is -1.35. The largest absolute Gasteiger partial charge is 0.492 e. The van der Waals surface area contributed by atoms with Crippen LogP contribution in [-0.2, 0) is 6.54 Å². The van der Waals surface area contributed by atoms with Crippen molar-refractivity contribution in [2.45, 2.75) is 38.8 Å². The average molecular weight is 232 g/mol. The van der Waals surface area contributed by atoms with E-state index in [1.165, 1.54) is 12.8 Å². The van der Waals surface area contributed by atoms with Gasteiger partial charge in [0.25, 0.3) is 0 Å². The quantitative estimate of drug-likeness (QED) is 0.734. The van der Waals surface area contributed by atoms with Crippen molar-refractivity contribution in [1.82, 2.24) is 10.3 Å². The molecular weight excluding hydrogens is 212 g/mol. The Morgan fingerprint density at radius 3 is 2.94 bits per heavy atom. The summed E-state index contributed by atoms with van der Waals surface area (Å²) in [5.74, 6) is 0.835. The molecular formula is C14H20N2O. The van der Waals surface area contributed by atoms with Gasteiger partial charge in [0.15, 0.2) is 0 Å². The normalized spacial score (nSPS) is 14.6. The van der Waals surface area contributed by atoms with Gasteiger partial charge in [-0.05, 0) is 31.9 Å². The zero-order chi connectivity index (χ0) is 12.1.